The van der Waals surface area contributed by atoms with Gasteiger partial charge in [-0.05, 0) is 36.4 Å². The summed E-state index contributed by atoms with van der Waals surface area (Å²) in [5.74, 6) is 1.88. The van der Waals surface area contributed by atoms with Gasteiger partial charge in [0, 0.05) is 23.0 Å². The van der Waals surface area contributed by atoms with Crippen LogP contribution in [0.4, 0.5) is 5.69 Å². The lowest BCUT2D eigenvalue weighted by Gasteiger charge is -2.11. The van der Waals surface area contributed by atoms with Gasteiger partial charge >= 0.3 is 0 Å². The van der Waals surface area contributed by atoms with Crippen molar-refractivity contribution >= 4 is 35.0 Å². The van der Waals surface area contributed by atoms with Gasteiger partial charge in [0.15, 0.2) is 22.5 Å². The number of nitrogens with one attached hydrogen (secondary N) is 1. The number of thioether (sulfide) groups is 1. The third-order valence-electron chi connectivity index (χ3n) is 4.75. The number of hydrogen-bond acceptors (Lipinski definition) is 6. The molecule has 0 saturated carbocycles. The largest absolute Gasteiger partial charge is 0.454 e. The van der Waals surface area contributed by atoms with Crippen LogP contribution in [0.1, 0.15) is 0 Å². The van der Waals surface area contributed by atoms with Gasteiger partial charge in [-0.1, -0.05) is 53.7 Å². The maximum absolute atomic E-state index is 12.6. The van der Waals surface area contributed by atoms with Gasteiger partial charge in [-0.15, -0.1) is 10.2 Å². The molecule has 2 heterocycles. The molecule has 0 fully saturated rings. The Balaban J connectivity index is 1.38. The van der Waals surface area contributed by atoms with Gasteiger partial charge in [0.1, 0.15) is 0 Å². The summed E-state index contributed by atoms with van der Waals surface area (Å²) in [6, 6.07) is 22.5. The number of amides is 1. The molecule has 7 nitrogen and oxygen atoms in total. The molecule has 1 aromatic heterocycles. The third-order valence-corrected chi connectivity index (χ3v) is 6.01. The number of halogens is 1. The van der Waals surface area contributed by atoms with E-state index in [9.17, 15) is 4.79 Å². The number of nitrogens with zero attached hydrogens (tertiary/aromatic N) is 3. The Morgan fingerprint density at radius 2 is 1.78 bits per heavy atom. The van der Waals surface area contributed by atoms with Crippen LogP contribution in [0.15, 0.2) is 78.0 Å². The number of benzene rings is 3. The average molecular weight is 465 g/mol. The summed E-state index contributed by atoms with van der Waals surface area (Å²) in [5, 5.41) is 12.7. The van der Waals surface area contributed by atoms with Gasteiger partial charge in [-0.3, -0.25) is 9.36 Å². The van der Waals surface area contributed by atoms with E-state index >= 15 is 0 Å². The van der Waals surface area contributed by atoms with E-state index in [0.717, 1.165) is 11.3 Å². The fourth-order valence-corrected chi connectivity index (χ4v) is 4.26. The zero-order valence-electron chi connectivity index (χ0n) is 16.7. The molecule has 160 valence electrons. The molecule has 1 amide bonds. The maximum atomic E-state index is 12.6. The predicted octanol–water partition coefficient (Wildman–Crippen LogP) is 5.05. The van der Waals surface area contributed by atoms with Gasteiger partial charge in [-0.25, -0.2) is 0 Å². The van der Waals surface area contributed by atoms with Crippen LogP contribution in [-0.4, -0.2) is 33.2 Å². The monoisotopic (exact) mass is 464 g/mol. The Labute approximate surface area is 193 Å². The zero-order chi connectivity index (χ0) is 21.9. The van der Waals surface area contributed by atoms with Crippen LogP contribution in [0.25, 0.3) is 17.1 Å². The summed E-state index contributed by atoms with van der Waals surface area (Å²) < 4.78 is 12.6. The van der Waals surface area contributed by atoms with Crippen molar-refractivity contribution in [1.82, 2.24) is 14.8 Å². The van der Waals surface area contributed by atoms with Gasteiger partial charge in [0.05, 0.1) is 10.8 Å². The van der Waals surface area contributed by atoms with Crippen LogP contribution in [0.3, 0.4) is 0 Å². The molecule has 0 unspecified atom stereocenters. The first kappa shape index (κ1) is 20.4. The van der Waals surface area contributed by atoms with E-state index in [1.54, 1.807) is 18.2 Å². The molecule has 0 radical (unpaired) electrons. The van der Waals surface area contributed by atoms with E-state index in [2.05, 4.69) is 15.5 Å². The van der Waals surface area contributed by atoms with Crippen LogP contribution in [-0.2, 0) is 4.79 Å². The molecule has 1 N–H and O–H groups in total. The molecule has 5 rings (SSSR count). The van der Waals surface area contributed by atoms with Crippen LogP contribution in [0, 0.1) is 0 Å². The fourth-order valence-electron chi connectivity index (χ4n) is 3.29. The summed E-state index contributed by atoms with van der Waals surface area (Å²) in [7, 11) is 0. The quantitative estimate of drug-likeness (QED) is 0.402. The average Bonchev–Trinajstić information content (AvgIpc) is 3.45. The second kappa shape index (κ2) is 8.94. The second-order valence-electron chi connectivity index (χ2n) is 6.86. The lowest BCUT2D eigenvalue weighted by atomic mass is 10.2. The third kappa shape index (κ3) is 4.15. The van der Waals surface area contributed by atoms with Gasteiger partial charge in [0.25, 0.3) is 0 Å². The molecule has 4 aromatic rings. The van der Waals surface area contributed by atoms with Crippen LogP contribution in [0.5, 0.6) is 11.5 Å². The van der Waals surface area contributed by atoms with Crippen molar-refractivity contribution < 1.29 is 14.3 Å². The zero-order valence-corrected chi connectivity index (χ0v) is 18.3. The molecule has 0 saturated heterocycles. The number of fused-ring (bicyclic) bond motifs is 1. The van der Waals surface area contributed by atoms with Crippen LogP contribution in [0.2, 0.25) is 5.02 Å². The first-order valence-corrected chi connectivity index (χ1v) is 11.1. The van der Waals surface area contributed by atoms with E-state index in [4.69, 9.17) is 21.1 Å². The lowest BCUT2D eigenvalue weighted by molar-refractivity contribution is -0.113. The van der Waals surface area contributed by atoms with Crippen molar-refractivity contribution in [3.8, 4) is 28.6 Å². The number of carbonyl (C=O) groups excluding carboxylic acids is 1. The first-order valence-electron chi connectivity index (χ1n) is 9.77. The molecule has 0 spiro atoms. The van der Waals surface area contributed by atoms with Crippen molar-refractivity contribution in [3.63, 3.8) is 0 Å². The normalized spacial score (nSPS) is 12.0. The summed E-state index contributed by atoms with van der Waals surface area (Å²) in [4.78, 5) is 12.6. The summed E-state index contributed by atoms with van der Waals surface area (Å²) in [6.45, 7) is 0.186. The Morgan fingerprint density at radius 3 is 2.62 bits per heavy atom. The molecular formula is C23H17ClN4O3S. The number of anilines is 1. The topological polar surface area (TPSA) is 78.3 Å². The van der Waals surface area contributed by atoms with Gasteiger partial charge < -0.3 is 14.8 Å². The van der Waals surface area contributed by atoms with Gasteiger partial charge in [-0.2, -0.15) is 0 Å². The second-order valence-corrected chi connectivity index (χ2v) is 8.21. The van der Waals surface area contributed by atoms with Crippen LogP contribution < -0.4 is 14.8 Å². The number of hydrogen-bond donors (Lipinski definition) is 1. The summed E-state index contributed by atoms with van der Waals surface area (Å²) >= 11 is 7.71. The number of rotatable bonds is 6. The van der Waals surface area contributed by atoms with E-state index < -0.39 is 0 Å². The molecule has 32 heavy (non-hydrogen) atoms. The summed E-state index contributed by atoms with van der Waals surface area (Å²) in [6.07, 6.45) is 0. The Bertz CT molecular complexity index is 1280. The maximum Gasteiger partial charge on any atom is 0.234 e. The van der Waals surface area contributed by atoms with E-state index in [1.807, 2.05) is 59.2 Å². The van der Waals surface area contributed by atoms with E-state index in [-0.39, 0.29) is 18.5 Å². The van der Waals surface area contributed by atoms with E-state index in [1.165, 1.54) is 11.8 Å². The molecular weight excluding hydrogens is 448 g/mol. The first-order chi connectivity index (χ1) is 15.7. The molecule has 0 aliphatic carbocycles. The molecule has 0 bridgehead atoms. The SMILES string of the molecule is O=C(CSc1nnc(-c2ccccc2Cl)n1-c1ccccc1)Nc1ccc2c(c1)OCO2. The van der Waals surface area contributed by atoms with Crippen molar-refractivity contribution in [2.75, 3.05) is 17.9 Å². The van der Waals surface area contributed by atoms with Crippen LogP contribution >= 0.6 is 23.4 Å². The number of carbonyl (C=O) groups is 1. The Hall–Kier alpha value is -3.49. The molecule has 3 aromatic carbocycles. The molecule has 9 heteroatoms. The molecule has 1 aliphatic rings. The highest BCUT2D eigenvalue weighted by Gasteiger charge is 2.19. The van der Waals surface area contributed by atoms with Crippen molar-refractivity contribution in [2.45, 2.75) is 5.16 Å². The fraction of sp³-hybridized carbons (Fsp3) is 0.0870. The minimum absolute atomic E-state index is 0.155. The molecule has 0 atom stereocenters. The highest BCUT2D eigenvalue weighted by molar-refractivity contribution is 7.99. The Morgan fingerprint density at radius 1 is 1.00 bits per heavy atom. The molecule has 1 aliphatic heterocycles. The summed E-state index contributed by atoms with van der Waals surface area (Å²) in [5.41, 5.74) is 2.29. The highest BCUT2D eigenvalue weighted by atomic mass is 35.5. The highest BCUT2D eigenvalue weighted by Crippen LogP contribution is 2.35. The number of para-hydroxylation sites is 1. The van der Waals surface area contributed by atoms with Gasteiger partial charge in [0.2, 0.25) is 12.7 Å². The Kier molecular flexibility index (Phi) is 5.70. The minimum atomic E-state index is -0.171. The lowest BCUT2D eigenvalue weighted by Crippen LogP contribution is -2.14. The number of ether oxygens (including phenoxy) is 2. The standard InChI is InChI=1S/C23H17ClN4O3S/c24-18-9-5-4-8-17(18)22-26-27-23(28(22)16-6-2-1-3-7-16)32-13-21(29)25-15-10-11-19-20(12-15)31-14-30-19/h1-12H,13-14H2,(H,25,29). The van der Waals surface area contributed by atoms with Crippen molar-refractivity contribution in [3.05, 3.63) is 77.8 Å². The minimum Gasteiger partial charge on any atom is -0.454 e. The number of aromatic nitrogens is 3. The van der Waals surface area contributed by atoms with E-state index in [0.29, 0.717) is 33.2 Å². The smallest absolute Gasteiger partial charge is 0.234 e. The predicted molar refractivity (Wildman–Crippen MR) is 124 cm³/mol. The van der Waals surface area contributed by atoms with Crippen molar-refractivity contribution in [1.29, 1.82) is 0 Å². The van der Waals surface area contributed by atoms with Crippen molar-refractivity contribution in [2.24, 2.45) is 0 Å².